The number of ether oxygens (including phenoxy) is 1. The largest absolute Gasteiger partial charge is 0.497 e. The lowest BCUT2D eigenvalue weighted by Gasteiger charge is -2.20. The Morgan fingerprint density at radius 2 is 2.03 bits per heavy atom. The maximum atomic E-state index is 13.2. The highest BCUT2D eigenvalue weighted by Gasteiger charge is 2.20. The molecule has 31 heavy (non-hydrogen) atoms. The number of rotatable bonds is 8. The zero-order valence-corrected chi connectivity index (χ0v) is 20.1. The van der Waals surface area contributed by atoms with Gasteiger partial charge in [0, 0.05) is 30.0 Å². The molecule has 0 saturated heterocycles. The monoisotopic (exact) mass is 520 g/mol. The molecule has 0 bridgehead atoms. The molecule has 162 valence electrons. The maximum Gasteiger partial charge on any atom is 0.233 e. The number of aryl methyl sites for hydroxylation is 1. The Bertz CT molecular complexity index is 1130. The fourth-order valence-corrected chi connectivity index (χ4v) is 4.73. The van der Waals surface area contributed by atoms with Gasteiger partial charge in [0.1, 0.15) is 5.75 Å². The first-order valence-electron chi connectivity index (χ1n) is 9.57. The molecule has 2 aromatic heterocycles. The maximum absolute atomic E-state index is 13.2. The Kier molecular flexibility index (Phi) is 8.06. The standard InChI is InChI=1S/C22H21BrN4O2S.ClH/c1-29-18-6-3-16(4-7-18)13-21(28)27(11-2-10-26-12-9-24-15-26)22-25-19-8-5-17(23)14-20(19)30-22;/h3-9,12,14-15H,2,10-11,13H2,1H3;1H. The summed E-state index contributed by atoms with van der Waals surface area (Å²) >= 11 is 5.04. The van der Waals surface area contributed by atoms with Gasteiger partial charge in [-0.2, -0.15) is 0 Å². The van der Waals surface area contributed by atoms with E-state index in [4.69, 9.17) is 9.72 Å². The molecule has 0 aliphatic heterocycles. The van der Waals surface area contributed by atoms with Crippen LogP contribution in [-0.2, 0) is 17.8 Å². The molecule has 1 amide bonds. The van der Waals surface area contributed by atoms with E-state index in [2.05, 4.69) is 20.9 Å². The van der Waals surface area contributed by atoms with Crippen LogP contribution >= 0.6 is 39.7 Å². The van der Waals surface area contributed by atoms with Crippen molar-refractivity contribution in [3.63, 3.8) is 0 Å². The molecule has 0 saturated carbocycles. The molecular weight excluding hydrogens is 500 g/mol. The lowest BCUT2D eigenvalue weighted by molar-refractivity contribution is -0.118. The third kappa shape index (κ3) is 5.84. The predicted octanol–water partition coefficient (Wildman–Crippen LogP) is 5.35. The van der Waals surface area contributed by atoms with Gasteiger partial charge in [-0.05, 0) is 42.3 Å². The van der Waals surface area contributed by atoms with Gasteiger partial charge in [0.25, 0.3) is 0 Å². The molecule has 2 heterocycles. The SMILES string of the molecule is COc1ccc(CC(=O)N(CCCn2ccnc2)c2nc3ccc(Br)cc3s2)cc1.Cl. The second kappa shape index (κ2) is 10.7. The molecule has 0 aliphatic carbocycles. The number of aromatic nitrogens is 3. The first-order chi connectivity index (χ1) is 14.6. The van der Waals surface area contributed by atoms with E-state index in [0.29, 0.717) is 13.0 Å². The normalized spacial score (nSPS) is 10.6. The van der Waals surface area contributed by atoms with Crippen molar-refractivity contribution in [1.82, 2.24) is 14.5 Å². The zero-order chi connectivity index (χ0) is 20.9. The average Bonchev–Trinajstić information content (AvgIpc) is 3.41. The van der Waals surface area contributed by atoms with Gasteiger partial charge in [-0.1, -0.05) is 39.4 Å². The van der Waals surface area contributed by atoms with Crippen molar-refractivity contribution >= 4 is 60.9 Å². The molecule has 0 spiro atoms. The highest BCUT2D eigenvalue weighted by atomic mass is 79.9. The van der Waals surface area contributed by atoms with Gasteiger partial charge < -0.3 is 9.30 Å². The number of hydrogen-bond donors (Lipinski definition) is 0. The van der Waals surface area contributed by atoms with Crippen LogP contribution in [0.4, 0.5) is 5.13 Å². The van der Waals surface area contributed by atoms with Gasteiger partial charge >= 0.3 is 0 Å². The van der Waals surface area contributed by atoms with Crippen molar-refractivity contribution in [2.75, 3.05) is 18.6 Å². The number of benzene rings is 2. The third-order valence-corrected chi connectivity index (χ3v) is 6.28. The molecule has 4 rings (SSSR count). The molecule has 0 atom stereocenters. The van der Waals surface area contributed by atoms with Crippen molar-refractivity contribution in [1.29, 1.82) is 0 Å². The highest BCUT2D eigenvalue weighted by molar-refractivity contribution is 9.10. The van der Waals surface area contributed by atoms with Crippen LogP contribution < -0.4 is 9.64 Å². The van der Waals surface area contributed by atoms with Crippen molar-refractivity contribution in [3.8, 4) is 5.75 Å². The zero-order valence-electron chi connectivity index (χ0n) is 16.9. The van der Waals surface area contributed by atoms with E-state index < -0.39 is 0 Å². The number of thiazole rings is 1. The van der Waals surface area contributed by atoms with Gasteiger partial charge in [-0.3, -0.25) is 9.69 Å². The molecule has 6 nitrogen and oxygen atoms in total. The minimum atomic E-state index is 0. The average molecular weight is 522 g/mol. The van der Waals surface area contributed by atoms with E-state index in [-0.39, 0.29) is 18.3 Å². The topological polar surface area (TPSA) is 60.2 Å². The van der Waals surface area contributed by atoms with E-state index in [1.54, 1.807) is 24.5 Å². The molecule has 2 aromatic carbocycles. The third-order valence-electron chi connectivity index (χ3n) is 4.74. The van der Waals surface area contributed by atoms with Crippen LogP contribution in [0.3, 0.4) is 0 Å². The van der Waals surface area contributed by atoms with Gasteiger partial charge in [-0.15, -0.1) is 12.4 Å². The van der Waals surface area contributed by atoms with Crippen LogP contribution in [0.1, 0.15) is 12.0 Å². The van der Waals surface area contributed by atoms with Crippen LogP contribution in [0.5, 0.6) is 5.75 Å². The van der Waals surface area contributed by atoms with Gasteiger partial charge in [-0.25, -0.2) is 9.97 Å². The number of hydrogen-bond acceptors (Lipinski definition) is 5. The Labute approximate surface area is 199 Å². The number of amides is 1. The second-order valence-electron chi connectivity index (χ2n) is 6.83. The molecule has 0 radical (unpaired) electrons. The number of carbonyl (C=O) groups is 1. The predicted molar refractivity (Wildman–Crippen MR) is 130 cm³/mol. The van der Waals surface area contributed by atoms with Crippen LogP contribution in [0, 0.1) is 0 Å². The van der Waals surface area contributed by atoms with E-state index in [1.807, 2.05) is 53.2 Å². The number of imidazole rings is 1. The van der Waals surface area contributed by atoms with Crippen LogP contribution in [0.15, 0.2) is 65.7 Å². The summed E-state index contributed by atoms with van der Waals surface area (Å²) in [5, 5.41) is 0.729. The van der Waals surface area contributed by atoms with Gasteiger partial charge in [0.2, 0.25) is 5.91 Å². The smallest absolute Gasteiger partial charge is 0.233 e. The molecule has 9 heteroatoms. The lowest BCUT2D eigenvalue weighted by atomic mass is 10.1. The summed E-state index contributed by atoms with van der Waals surface area (Å²) in [5.41, 5.74) is 1.85. The van der Waals surface area contributed by atoms with Crippen molar-refractivity contribution in [3.05, 3.63) is 71.2 Å². The Morgan fingerprint density at radius 1 is 1.23 bits per heavy atom. The fourth-order valence-electron chi connectivity index (χ4n) is 3.17. The lowest BCUT2D eigenvalue weighted by Crippen LogP contribution is -2.33. The molecule has 0 unspecified atom stereocenters. The number of halogens is 2. The van der Waals surface area contributed by atoms with Crippen LogP contribution in [-0.4, -0.2) is 34.1 Å². The first kappa shape index (κ1) is 23.2. The molecule has 4 aromatic rings. The Balaban J connectivity index is 0.00000272. The van der Waals surface area contributed by atoms with Crippen LogP contribution in [0.2, 0.25) is 0 Å². The summed E-state index contributed by atoms with van der Waals surface area (Å²) in [6.07, 6.45) is 6.61. The number of anilines is 1. The second-order valence-corrected chi connectivity index (χ2v) is 8.76. The Morgan fingerprint density at radius 3 is 2.74 bits per heavy atom. The number of methoxy groups -OCH3 is 1. The van der Waals surface area contributed by atoms with E-state index in [9.17, 15) is 4.79 Å². The van der Waals surface area contributed by atoms with Gasteiger partial charge in [0.15, 0.2) is 5.13 Å². The summed E-state index contributed by atoms with van der Waals surface area (Å²) < 4.78 is 9.28. The summed E-state index contributed by atoms with van der Waals surface area (Å²) in [6, 6.07) is 13.6. The van der Waals surface area contributed by atoms with Crippen LogP contribution in [0.25, 0.3) is 10.2 Å². The van der Waals surface area contributed by atoms with E-state index >= 15 is 0 Å². The Hall–Kier alpha value is -2.42. The minimum Gasteiger partial charge on any atom is -0.497 e. The molecule has 0 N–H and O–H groups in total. The quantitative estimate of drug-likeness (QED) is 0.313. The van der Waals surface area contributed by atoms with Gasteiger partial charge in [0.05, 0.1) is 30.1 Å². The summed E-state index contributed by atoms with van der Waals surface area (Å²) in [6.45, 7) is 1.39. The number of nitrogens with zero attached hydrogens (tertiary/aromatic N) is 4. The molecule has 0 fully saturated rings. The number of carbonyl (C=O) groups excluding carboxylic acids is 1. The summed E-state index contributed by atoms with van der Waals surface area (Å²) in [5.74, 6) is 0.809. The number of fused-ring (bicyclic) bond motifs is 1. The summed E-state index contributed by atoms with van der Waals surface area (Å²) in [4.78, 5) is 23.8. The highest BCUT2D eigenvalue weighted by Crippen LogP contribution is 2.31. The summed E-state index contributed by atoms with van der Waals surface area (Å²) in [7, 11) is 1.63. The van der Waals surface area contributed by atoms with Crippen molar-refractivity contribution < 1.29 is 9.53 Å². The first-order valence-corrected chi connectivity index (χ1v) is 11.2. The molecular formula is C22H22BrClN4O2S. The van der Waals surface area contributed by atoms with Crippen molar-refractivity contribution in [2.24, 2.45) is 0 Å². The molecule has 0 aliphatic rings. The van der Waals surface area contributed by atoms with Crippen molar-refractivity contribution in [2.45, 2.75) is 19.4 Å². The van der Waals surface area contributed by atoms with E-state index in [0.717, 1.165) is 44.1 Å². The van der Waals surface area contributed by atoms with E-state index in [1.165, 1.54) is 11.3 Å². The minimum absolute atomic E-state index is 0. The fraction of sp³-hybridized carbons (Fsp3) is 0.227.